The summed E-state index contributed by atoms with van der Waals surface area (Å²) in [7, 11) is 0. The van der Waals surface area contributed by atoms with Crippen molar-refractivity contribution in [3.8, 4) is 5.75 Å². The molecule has 3 nitrogen and oxygen atoms in total. The molecule has 4 heteroatoms. The number of carbonyl (C=O) groups excluding carboxylic acids is 1. The number of fused-ring (bicyclic) bond motifs is 1. The van der Waals surface area contributed by atoms with Crippen molar-refractivity contribution in [1.29, 1.82) is 0 Å². The van der Waals surface area contributed by atoms with E-state index in [1.165, 1.54) is 0 Å². The molecule has 21 heavy (non-hydrogen) atoms. The first-order valence-electron chi connectivity index (χ1n) is 6.77. The Labute approximate surface area is 128 Å². The highest BCUT2D eigenvalue weighted by Crippen LogP contribution is 2.35. The minimum absolute atomic E-state index is 0.0640. The van der Waals surface area contributed by atoms with Crippen LogP contribution in [0.25, 0.3) is 0 Å². The molecule has 108 valence electrons. The molecular formula is C17H16ClNO2. The van der Waals surface area contributed by atoms with E-state index in [2.05, 4.69) is 0 Å². The van der Waals surface area contributed by atoms with Gasteiger partial charge in [-0.2, -0.15) is 0 Å². The Morgan fingerprint density at radius 1 is 1.19 bits per heavy atom. The molecule has 1 aliphatic rings. The minimum atomic E-state index is -0.214. The van der Waals surface area contributed by atoms with Gasteiger partial charge in [-0.05, 0) is 55.8 Å². The zero-order chi connectivity index (χ0) is 15.2. The summed E-state index contributed by atoms with van der Waals surface area (Å²) in [6, 6.07) is 10.5. The molecule has 3 rings (SSSR count). The number of hydrogen-bond acceptors (Lipinski definition) is 3. The Morgan fingerprint density at radius 2 is 1.86 bits per heavy atom. The molecule has 0 aliphatic carbocycles. The number of anilines is 1. The standard InChI is InChI=1S/C17H16ClNO2/c1-17(2)9-12-7-10(4-6-15(12)21-17)16(20)11-3-5-13(18)14(19)8-11/h3-8H,9,19H2,1-2H3. The Hall–Kier alpha value is -2.00. The van der Waals surface area contributed by atoms with Crippen molar-refractivity contribution >= 4 is 23.1 Å². The lowest BCUT2D eigenvalue weighted by Gasteiger charge is -2.16. The van der Waals surface area contributed by atoms with Gasteiger partial charge in [-0.25, -0.2) is 0 Å². The van der Waals surface area contributed by atoms with E-state index < -0.39 is 0 Å². The van der Waals surface area contributed by atoms with Crippen LogP contribution in [0.5, 0.6) is 5.75 Å². The Bertz CT molecular complexity index is 738. The molecule has 1 aliphatic heterocycles. The summed E-state index contributed by atoms with van der Waals surface area (Å²) >= 11 is 5.89. The van der Waals surface area contributed by atoms with Gasteiger partial charge in [0.25, 0.3) is 0 Å². The number of ether oxygens (including phenoxy) is 1. The van der Waals surface area contributed by atoms with E-state index in [0.717, 1.165) is 17.7 Å². The number of rotatable bonds is 2. The summed E-state index contributed by atoms with van der Waals surface area (Å²) in [4.78, 5) is 12.5. The molecule has 2 aromatic rings. The molecule has 0 bridgehead atoms. The monoisotopic (exact) mass is 301 g/mol. The first-order valence-corrected chi connectivity index (χ1v) is 7.15. The Morgan fingerprint density at radius 3 is 2.57 bits per heavy atom. The Kier molecular flexibility index (Phi) is 3.18. The van der Waals surface area contributed by atoms with Crippen molar-refractivity contribution in [1.82, 2.24) is 0 Å². The van der Waals surface area contributed by atoms with Gasteiger partial charge in [-0.1, -0.05) is 11.6 Å². The largest absolute Gasteiger partial charge is 0.487 e. The van der Waals surface area contributed by atoms with Crippen LogP contribution in [0.2, 0.25) is 5.02 Å². The summed E-state index contributed by atoms with van der Waals surface area (Å²) < 4.78 is 5.82. The molecule has 0 saturated heterocycles. The molecule has 0 amide bonds. The first-order chi connectivity index (χ1) is 9.85. The van der Waals surface area contributed by atoms with Crippen molar-refractivity contribution in [2.24, 2.45) is 0 Å². The first kappa shape index (κ1) is 14.0. The fraction of sp³-hybridized carbons (Fsp3) is 0.235. The van der Waals surface area contributed by atoms with Crippen LogP contribution in [0.3, 0.4) is 0 Å². The number of benzene rings is 2. The van der Waals surface area contributed by atoms with Gasteiger partial charge >= 0.3 is 0 Å². The maximum Gasteiger partial charge on any atom is 0.193 e. The number of hydrogen-bond donors (Lipinski definition) is 1. The molecule has 1 heterocycles. The van der Waals surface area contributed by atoms with E-state index in [4.69, 9.17) is 22.1 Å². The third-order valence-corrected chi connectivity index (χ3v) is 3.93. The SMILES string of the molecule is CC1(C)Cc2cc(C(=O)c3ccc(Cl)c(N)c3)ccc2O1. The highest BCUT2D eigenvalue weighted by Gasteiger charge is 2.30. The zero-order valence-corrected chi connectivity index (χ0v) is 12.7. The molecule has 0 fully saturated rings. The topological polar surface area (TPSA) is 52.3 Å². The van der Waals surface area contributed by atoms with E-state index in [-0.39, 0.29) is 11.4 Å². The van der Waals surface area contributed by atoms with Gasteiger partial charge in [0.05, 0.1) is 10.7 Å². The van der Waals surface area contributed by atoms with Crippen LogP contribution in [0.1, 0.15) is 35.3 Å². The normalized spacial score (nSPS) is 15.4. The highest BCUT2D eigenvalue weighted by atomic mass is 35.5. The lowest BCUT2D eigenvalue weighted by atomic mass is 9.97. The Balaban J connectivity index is 1.95. The smallest absolute Gasteiger partial charge is 0.193 e. The van der Waals surface area contributed by atoms with Crippen LogP contribution in [0, 0.1) is 0 Å². The zero-order valence-electron chi connectivity index (χ0n) is 11.9. The van der Waals surface area contributed by atoms with Crippen molar-refractivity contribution < 1.29 is 9.53 Å². The maximum atomic E-state index is 12.5. The van der Waals surface area contributed by atoms with E-state index in [1.807, 2.05) is 26.0 Å². The van der Waals surface area contributed by atoms with Crippen molar-refractivity contribution in [3.05, 3.63) is 58.1 Å². The van der Waals surface area contributed by atoms with Gasteiger partial charge in [0.1, 0.15) is 11.4 Å². The summed E-state index contributed by atoms with van der Waals surface area (Å²) in [6.45, 7) is 4.07. The molecule has 0 radical (unpaired) electrons. The van der Waals surface area contributed by atoms with Gasteiger partial charge < -0.3 is 10.5 Å². The average Bonchev–Trinajstić information content (AvgIpc) is 2.73. The minimum Gasteiger partial charge on any atom is -0.487 e. The average molecular weight is 302 g/mol. The number of nitrogen functional groups attached to an aromatic ring is 1. The summed E-state index contributed by atoms with van der Waals surface area (Å²) in [6.07, 6.45) is 0.798. The molecular weight excluding hydrogens is 286 g/mol. The predicted molar refractivity (Wildman–Crippen MR) is 84.1 cm³/mol. The molecule has 0 saturated carbocycles. The molecule has 0 spiro atoms. The second kappa shape index (κ2) is 4.78. The van der Waals surface area contributed by atoms with Crippen molar-refractivity contribution in [2.75, 3.05) is 5.73 Å². The van der Waals surface area contributed by atoms with Crippen LogP contribution in [0.15, 0.2) is 36.4 Å². The third kappa shape index (κ3) is 2.61. The number of halogens is 1. The fourth-order valence-corrected chi connectivity index (χ4v) is 2.72. The molecule has 0 atom stereocenters. The van der Waals surface area contributed by atoms with E-state index in [9.17, 15) is 4.79 Å². The van der Waals surface area contributed by atoms with Gasteiger partial charge in [0, 0.05) is 17.5 Å². The van der Waals surface area contributed by atoms with Crippen LogP contribution >= 0.6 is 11.6 Å². The van der Waals surface area contributed by atoms with Crippen molar-refractivity contribution in [3.63, 3.8) is 0 Å². The molecule has 0 aromatic heterocycles. The summed E-state index contributed by atoms with van der Waals surface area (Å²) in [5.41, 5.74) is 8.19. The number of ketones is 1. The van der Waals surface area contributed by atoms with Gasteiger partial charge in [0.2, 0.25) is 0 Å². The lowest BCUT2D eigenvalue weighted by Crippen LogP contribution is -2.24. The van der Waals surface area contributed by atoms with Crippen LogP contribution in [-0.2, 0) is 6.42 Å². The van der Waals surface area contributed by atoms with Crippen molar-refractivity contribution in [2.45, 2.75) is 25.9 Å². The van der Waals surface area contributed by atoms with Gasteiger partial charge in [0.15, 0.2) is 5.78 Å². The van der Waals surface area contributed by atoms with E-state index in [1.54, 1.807) is 24.3 Å². The summed E-state index contributed by atoms with van der Waals surface area (Å²) in [5, 5.41) is 0.454. The molecule has 2 aromatic carbocycles. The third-order valence-electron chi connectivity index (χ3n) is 3.58. The van der Waals surface area contributed by atoms with E-state index >= 15 is 0 Å². The quantitative estimate of drug-likeness (QED) is 0.677. The van der Waals surface area contributed by atoms with E-state index in [0.29, 0.717) is 21.8 Å². The highest BCUT2D eigenvalue weighted by molar-refractivity contribution is 6.33. The maximum absolute atomic E-state index is 12.5. The number of nitrogens with two attached hydrogens (primary N) is 1. The molecule has 0 unspecified atom stereocenters. The van der Waals surface area contributed by atoms with Crippen LogP contribution in [-0.4, -0.2) is 11.4 Å². The fourth-order valence-electron chi connectivity index (χ4n) is 2.60. The van der Waals surface area contributed by atoms with Crippen LogP contribution < -0.4 is 10.5 Å². The van der Waals surface area contributed by atoms with Gasteiger partial charge in [-0.15, -0.1) is 0 Å². The lowest BCUT2D eigenvalue weighted by molar-refractivity contribution is 0.103. The second-order valence-electron chi connectivity index (χ2n) is 5.93. The second-order valence-corrected chi connectivity index (χ2v) is 6.33. The predicted octanol–water partition coefficient (Wildman–Crippen LogP) is 3.87. The van der Waals surface area contributed by atoms with Crippen LogP contribution in [0.4, 0.5) is 5.69 Å². The molecule has 2 N–H and O–H groups in total. The summed E-state index contributed by atoms with van der Waals surface area (Å²) in [5.74, 6) is 0.790. The van der Waals surface area contributed by atoms with Gasteiger partial charge in [-0.3, -0.25) is 4.79 Å². The number of carbonyl (C=O) groups is 1.